The number of halogens is 1. The van der Waals surface area contributed by atoms with Gasteiger partial charge in [0, 0.05) is 15.1 Å². The molecule has 1 aliphatic carbocycles. The molecule has 16 heavy (non-hydrogen) atoms. The molecule has 1 aliphatic rings. The highest BCUT2D eigenvalue weighted by atomic mass is 79.9. The standard InChI is InChI=1S/C13H17BrOS/c14-11-4-7-13(8-5-11)16-9-12(15)6-3-10-1-2-10/h4-5,7-8,10,12,15H,1-3,6,9H2. The third-order valence-electron chi connectivity index (χ3n) is 2.86. The van der Waals surface area contributed by atoms with Gasteiger partial charge in [0.1, 0.15) is 0 Å². The number of aliphatic hydroxyl groups is 1. The summed E-state index contributed by atoms with van der Waals surface area (Å²) in [5, 5.41) is 9.81. The van der Waals surface area contributed by atoms with Crippen molar-refractivity contribution in [3.05, 3.63) is 28.7 Å². The predicted molar refractivity (Wildman–Crippen MR) is 72.8 cm³/mol. The van der Waals surface area contributed by atoms with Crippen LogP contribution in [0.5, 0.6) is 0 Å². The van der Waals surface area contributed by atoms with Gasteiger partial charge in [-0.1, -0.05) is 28.8 Å². The Kier molecular flexibility index (Phi) is 4.74. The van der Waals surface area contributed by atoms with Crippen molar-refractivity contribution >= 4 is 27.7 Å². The maximum absolute atomic E-state index is 9.81. The summed E-state index contributed by atoms with van der Waals surface area (Å²) in [5.74, 6) is 1.74. The molecule has 2 rings (SSSR count). The highest BCUT2D eigenvalue weighted by Gasteiger charge is 2.21. The monoisotopic (exact) mass is 300 g/mol. The summed E-state index contributed by atoms with van der Waals surface area (Å²) >= 11 is 5.15. The minimum Gasteiger partial charge on any atom is -0.392 e. The van der Waals surface area contributed by atoms with Gasteiger partial charge in [-0.15, -0.1) is 11.8 Å². The van der Waals surface area contributed by atoms with E-state index in [2.05, 4.69) is 28.1 Å². The molecule has 0 spiro atoms. The molecule has 0 radical (unpaired) electrons. The second-order valence-electron chi connectivity index (χ2n) is 4.44. The summed E-state index contributed by atoms with van der Waals surface area (Å²) in [6.07, 6.45) is 4.80. The second-order valence-corrected chi connectivity index (χ2v) is 6.45. The van der Waals surface area contributed by atoms with Crippen molar-refractivity contribution in [2.45, 2.75) is 36.7 Å². The molecule has 1 fully saturated rings. The van der Waals surface area contributed by atoms with Crippen LogP contribution in [-0.4, -0.2) is 17.0 Å². The van der Waals surface area contributed by atoms with Crippen LogP contribution < -0.4 is 0 Å². The third kappa shape index (κ3) is 4.48. The maximum Gasteiger partial charge on any atom is 0.0634 e. The molecular formula is C13H17BrOS. The fourth-order valence-corrected chi connectivity index (χ4v) is 2.79. The third-order valence-corrected chi connectivity index (χ3v) is 4.55. The van der Waals surface area contributed by atoms with Crippen molar-refractivity contribution < 1.29 is 5.11 Å². The Morgan fingerprint density at radius 2 is 2.00 bits per heavy atom. The summed E-state index contributed by atoms with van der Waals surface area (Å²) in [5.41, 5.74) is 0. The Morgan fingerprint density at radius 1 is 1.31 bits per heavy atom. The average Bonchev–Trinajstić information content (AvgIpc) is 3.09. The SMILES string of the molecule is OC(CCC1CC1)CSc1ccc(Br)cc1. The van der Waals surface area contributed by atoms with Crippen LogP contribution in [0, 0.1) is 5.92 Å². The summed E-state index contributed by atoms with van der Waals surface area (Å²) < 4.78 is 1.10. The lowest BCUT2D eigenvalue weighted by Crippen LogP contribution is -2.09. The van der Waals surface area contributed by atoms with Gasteiger partial charge in [-0.2, -0.15) is 0 Å². The molecule has 0 aromatic heterocycles. The van der Waals surface area contributed by atoms with Crippen molar-refractivity contribution in [2.75, 3.05) is 5.75 Å². The van der Waals surface area contributed by atoms with Crippen LogP contribution in [0.1, 0.15) is 25.7 Å². The minimum absolute atomic E-state index is 0.144. The molecule has 0 bridgehead atoms. The summed E-state index contributed by atoms with van der Waals surface area (Å²) in [4.78, 5) is 1.23. The first kappa shape index (κ1) is 12.5. The van der Waals surface area contributed by atoms with Crippen molar-refractivity contribution in [1.82, 2.24) is 0 Å². The Balaban J connectivity index is 1.67. The highest BCUT2D eigenvalue weighted by molar-refractivity contribution is 9.10. The van der Waals surface area contributed by atoms with Gasteiger partial charge in [0.2, 0.25) is 0 Å². The van der Waals surface area contributed by atoms with Crippen LogP contribution >= 0.6 is 27.7 Å². The topological polar surface area (TPSA) is 20.2 Å². The van der Waals surface area contributed by atoms with E-state index in [4.69, 9.17) is 0 Å². The molecule has 1 nitrogen and oxygen atoms in total. The summed E-state index contributed by atoms with van der Waals surface area (Å²) in [6, 6.07) is 8.25. The Morgan fingerprint density at radius 3 is 2.62 bits per heavy atom. The van der Waals surface area contributed by atoms with E-state index in [0.29, 0.717) is 0 Å². The van der Waals surface area contributed by atoms with Crippen molar-refractivity contribution in [1.29, 1.82) is 0 Å². The van der Waals surface area contributed by atoms with E-state index in [1.807, 2.05) is 12.1 Å². The van der Waals surface area contributed by atoms with Crippen LogP contribution in [0.15, 0.2) is 33.6 Å². The van der Waals surface area contributed by atoms with Gasteiger partial charge in [-0.3, -0.25) is 0 Å². The highest BCUT2D eigenvalue weighted by Crippen LogP contribution is 2.34. The van der Waals surface area contributed by atoms with E-state index < -0.39 is 0 Å². The van der Waals surface area contributed by atoms with Crippen LogP contribution in [0.4, 0.5) is 0 Å². The zero-order valence-electron chi connectivity index (χ0n) is 9.23. The number of aliphatic hydroxyl groups excluding tert-OH is 1. The van der Waals surface area contributed by atoms with E-state index in [-0.39, 0.29) is 6.10 Å². The summed E-state index contributed by atoms with van der Waals surface area (Å²) in [7, 11) is 0. The molecule has 0 amide bonds. The van der Waals surface area contributed by atoms with Gasteiger partial charge in [0.15, 0.2) is 0 Å². The van der Waals surface area contributed by atoms with Crippen LogP contribution in [0.3, 0.4) is 0 Å². The lowest BCUT2D eigenvalue weighted by atomic mass is 10.1. The molecule has 1 N–H and O–H groups in total. The molecule has 0 saturated heterocycles. The minimum atomic E-state index is -0.144. The van der Waals surface area contributed by atoms with E-state index in [1.54, 1.807) is 11.8 Å². The van der Waals surface area contributed by atoms with E-state index >= 15 is 0 Å². The van der Waals surface area contributed by atoms with Gasteiger partial charge in [-0.05, 0) is 43.0 Å². The second kappa shape index (κ2) is 6.08. The van der Waals surface area contributed by atoms with Gasteiger partial charge in [0.05, 0.1) is 6.10 Å². The predicted octanol–water partition coefficient (Wildman–Crippen LogP) is 4.09. The van der Waals surface area contributed by atoms with E-state index in [9.17, 15) is 5.11 Å². The number of thioether (sulfide) groups is 1. The quantitative estimate of drug-likeness (QED) is 0.799. The molecule has 1 unspecified atom stereocenters. The van der Waals surface area contributed by atoms with E-state index in [0.717, 1.165) is 22.6 Å². The number of benzene rings is 1. The molecule has 1 aromatic carbocycles. The first-order valence-corrected chi connectivity index (χ1v) is 7.58. The largest absolute Gasteiger partial charge is 0.392 e. The molecule has 1 aromatic rings. The lowest BCUT2D eigenvalue weighted by molar-refractivity contribution is 0.184. The fourth-order valence-electron chi connectivity index (χ4n) is 1.64. The molecule has 1 saturated carbocycles. The zero-order chi connectivity index (χ0) is 11.4. The lowest BCUT2D eigenvalue weighted by Gasteiger charge is -2.09. The first-order valence-electron chi connectivity index (χ1n) is 5.80. The summed E-state index contributed by atoms with van der Waals surface area (Å²) in [6.45, 7) is 0. The van der Waals surface area contributed by atoms with Gasteiger partial charge in [-0.25, -0.2) is 0 Å². The Bertz CT molecular complexity index is 321. The number of hydrogen-bond donors (Lipinski definition) is 1. The smallest absolute Gasteiger partial charge is 0.0634 e. The average molecular weight is 301 g/mol. The fraction of sp³-hybridized carbons (Fsp3) is 0.538. The van der Waals surface area contributed by atoms with Crippen molar-refractivity contribution in [2.24, 2.45) is 5.92 Å². The molecule has 1 atom stereocenters. The zero-order valence-corrected chi connectivity index (χ0v) is 11.6. The Labute approximate surface area is 110 Å². The Hall–Kier alpha value is 0.01000. The van der Waals surface area contributed by atoms with Crippen LogP contribution in [0.2, 0.25) is 0 Å². The van der Waals surface area contributed by atoms with Gasteiger partial charge in [0.25, 0.3) is 0 Å². The number of rotatable bonds is 6. The molecule has 3 heteroatoms. The van der Waals surface area contributed by atoms with Crippen LogP contribution in [0.25, 0.3) is 0 Å². The van der Waals surface area contributed by atoms with Gasteiger partial charge >= 0.3 is 0 Å². The molecule has 0 heterocycles. The molecule has 0 aliphatic heterocycles. The maximum atomic E-state index is 9.81. The van der Waals surface area contributed by atoms with Crippen molar-refractivity contribution in [3.63, 3.8) is 0 Å². The van der Waals surface area contributed by atoms with Crippen LogP contribution in [-0.2, 0) is 0 Å². The van der Waals surface area contributed by atoms with Crippen molar-refractivity contribution in [3.8, 4) is 0 Å². The normalized spacial score (nSPS) is 17.4. The molecular weight excluding hydrogens is 284 g/mol. The van der Waals surface area contributed by atoms with E-state index in [1.165, 1.54) is 24.2 Å². The first-order chi connectivity index (χ1) is 7.74. The number of hydrogen-bond acceptors (Lipinski definition) is 2. The van der Waals surface area contributed by atoms with Gasteiger partial charge < -0.3 is 5.11 Å². The molecule has 88 valence electrons.